The van der Waals surface area contributed by atoms with Crippen LogP contribution >= 0.6 is 0 Å². The number of hydrogen-bond acceptors (Lipinski definition) is 3. The lowest BCUT2D eigenvalue weighted by atomic mass is 10.1. The highest BCUT2D eigenvalue weighted by Crippen LogP contribution is 2.19. The van der Waals surface area contributed by atoms with Crippen LogP contribution in [0.4, 0.5) is 0 Å². The summed E-state index contributed by atoms with van der Waals surface area (Å²) >= 11 is 0. The quantitative estimate of drug-likeness (QED) is 0.688. The number of benzene rings is 1. The summed E-state index contributed by atoms with van der Waals surface area (Å²) in [5, 5.41) is 0. The fourth-order valence-electron chi connectivity index (χ4n) is 2.44. The summed E-state index contributed by atoms with van der Waals surface area (Å²) in [5.74, 6) is 0. The van der Waals surface area contributed by atoms with Crippen LogP contribution in [0.3, 0.4) is 0 Å². The zero-order valence-electron chi connectivity index (χ0n) is 13.4. The maximum Gasteiger partial charge on any atom is 0.241 e. The molecule has 1 aromatic rings. The summed E-state index contributed by atoms with van der Waals surface area (Å²) in [6.07, 6.45) is 5.47. The highest BCUT2D eigenvalue weighted by molar-refractivity contribution is 7.89. The molecular weight excluding hydrogens is 284 g/mol. The Morgan fingerprint density at radius 2 is 1.95 bits per heavy atom. The van der Waals surface area contributed by atoms with Crippen LogP contribution in [0.2, 0.25) is 0 Å². The highest BCUT2D eigenvalue weighted by Gasteiger charge is 2.20. The van der Waals surface area contributed by atoms with Gasteiger partial charge in [0.1, 0.15) is 0 Å². The molecule has 1 atom stereocenters. The Morgan fingerprint density at radius 1 is 1.24 bits per heavy atom. The van der Waals surface area contributed by atoms with Crippen molar-refractivity contribution in [2.45, 2.75) is 70.4 Å². The molecule has 0 aliphatic carbocycles. The third-order valence-corrected chi connectivity index (χ3v) is 5.49. The summed E-state index contributed by atoms with van der Waals surface area (Å²) in [7, 11) is -3.47. The van der Waals surface area contributed by atoms with Crippen LogP contribution in [0.1, 0.15) is 57.1 Å². The SMILES string of the molecule is CCCCCCC(C)NS(=O)(=O)c1cccc(CN)c1C. The first-order chi connectivity index (χ1) is 9.92. The van der Waals surface area contributed by atoms with E-state index in [2.05, 4.69) is 11.6 Å². The minimum absolute atomic E-state index is 0.0483. The first-order valence-corrected chi connectivity index (χ1v) is 9.21. The second-order valence-electron chi connectivity index (χ2n) is 5.62. The molecule has 5 heteroatoms. The zero-order chi connectivity index (χ0) is 15.9. The van der Waals surface area contributed by atoms with Gasteiger partial charge in [0.2, 0.25) is 10.0 Å². The molecular formula is C16H28N2O2S. The predicted octanol–water partition coefficient (Wildman–Crippen LogP) is 3.09. The molecule has 0 saturated carbocycles. The van der Waals surface area contributed by atoms with E-state index >= 15 is 0 Å². The second-order valence-corrected chi connectivity index (χ2v) is 7.30. The van der Waals surface area contributed by atoms with Crippen LogP contribution < -0.4 is 10.5 Å². The summed E-state index contributed by atoms with van der Waals surface area (Å²) < 4.78 is 27.7. The number of unbranched alkanes of at least 4 members (excludes halogenated alkanes) is 3. The standard InChI is InChI=1S/C16H28N2O2S/c1-4-5-6-7-9-13(2)18-21(19,20)16-11-8-10-15(12-17)14(16)3/h8,10-11,13,18H,4-7,9,12,17H2,1-3H3. The van der Waals surface area contributed by atoms with E-state index < -0.39 is 10.0 Å². The van der Waals surface area contributed by atoms with Crippen molar-refractivity contribution in [2.24, 2.45) is 5.73 Å². The fraction of sp³-hybridized carbons (Fsp3) is 0.625. The van der Waals surface area contributed by atoms with E-state index in [0.29, 0.717) is 11.4 Å². The van der Waals surface area contributed by atoms with E-state index in [1.54, 1.807) is 12.1 Å². The largest absolute Gasteiger partial charge is 0.326 e. The zero-order valence-corrected chi connectivity index (χ0v) is 14.2. The summed E-state index contributed by atoms with van der Waals surface area (Å²) in [5.41, 5.74) is 7.25. The normalized spacial score (nSPS) is 13.3. The number of sulfonamides is 1. The molecule has 0 spiro atoms. The molecule has 0 fully saturated rings. The van der Waals surface area contributed by atoms with E-state index in [1.807, 2.05) is 19.9 Å². The van der Waals surface area contributed by atoms with Crippen molar-refractivity contribution >= 4 is 10.0 Å². The lowest BCUT2D eigenvalue weighted by Gasteiger charge is -2.16. The molecule has 0 aliphatic heterocycles. The number of rotatable bonds is 9. The molecule has 3 N–H and O–H groups in total. The molecule has 0 radical (unpaired) electrons. The molecule has 0 saturated heterocycles. The first kappa shape index (κ1) is 18.1. The van der Waals surface area contributed by atoms with Crippen molar-refractivity contribution in [3.63, 3.8) is 0 Å². The molecule has 4 nitrogen and oxygen atoms in total. The third-order valence-electron chi connectivity index (χ3n) is 3.75. The number of nitrogens with two attached hydrogens (primary N) is 1. The molecule has 1 rings (SSSR count). The fourth-order valence-corrected chi connectivity index (χ4v) is 4.00. The third kappa shape index (κ3) is 5.41. The number of nitrogens with one attached hydrogen (secondary N) is 1. The van der Waals surface area contributed by atoms with E-state index in [9.17, 15) is 8.42 Å². The molecule has 0 aromatic heterocycles. The number of hydrogen-bond donors (Lipinski definition) is 2. The van der Waals surface area contributed by atoms with Crippen molar-refractivity contribution in [1.29, 1.82) is 0 Å². The summed E-state index contributed by atoms with van der Waals surface area (Å²) in [6, 6.07) is 5.20. The van der Waals surface area contributed by atoms with Crippen LogP contribution in [0.5, 0.6) is 0 Å². The highest BCUT2D eigenvalue weighted by atomic mass is 32.2. The van der Waals surface area contributed by atoms with Gasteiger partial charge < -0.3 is 5.73 Å². The summed E-state index contributed by atoms with van der Waals surface area (Å²) in [4.78, 5) is 0.339. The van der Waals surface area contributed by atoms with Gasteiger partial charge >= 0.3 is 0 Å². The van der Waals surface area contributed by atoms with Gasteiger partial charge in [0.05, 0.1) is 4.90 Å². The smallest absolute Gasteiger partial charge is 0.241 e. The van der Waals surface area contributed by atoms with Gasteiger partial charge in [-0.2, -0.15) is 0 Å². The summed E-state index contributed by atoms with van der Waals surface area (Å²) in [6.45, 7) is 6.25. The average molecular weight is 312 g/mol. The van der Waals surface area contributed by atoms with Crippen molar-refractivity contribution in [3.8, 4) is 0 Å². The van der Waals surface area contributed by atoms with Crippen LogP contribution in [0.25, 0.3) is 0 Å². The maximum absolute atomic E-state index is 12.5. The predicted molar refractivity (Wildman–Crippen MR) is 87.6 cm³/mol. The minimum atomic E-state index is -3.47. The van der Waals surface area contributed by atoms with Crippen molar-refractivity contribution < 1.29 is 8.42 Å². The Bertz CT molecular complexity index is 541. The Morgan fingerprint density at radius 3 is 2.57 bits per heavy atom. The molecule has 1 unspecified atom stereocenters. The van der Waals surface area contributed by atoms with E-state index in [1.165, 1.54) is 12.8 Å². The molecule has 0 amide bonds. The first-order valence-electron chi connectivity index (χ1n) is 7.73. The van der Waals surface area contributed by atoms with E-state index in [4.69, 9.17) is 5.73 Å². The molecule has 0 bridgehead atoms. The van der Waals surface area contributed by atoms with Crippen molar-refractivity contribution in [1.82, 2.24) is 4.72 Å². The minimum Gasteiger partial charge on any atom is -0.326 e. The van der Waals surface area contributed by atoms with Crippen molar-refractivity contribution in [2.75, 3.05) is 0 Å². The van der Waals surface area contributed by atoms with Gasteiger partial charge in [0, 0.05) is 12.6 Å². The molecule has 1 aromatic carbocycles. The lowest BCUT2D eigenvalue weighted by molar-refractivity contribution is 0.521. The molecule has 0 aliphatic rings. The molecule has 21 heavy (non-hydrogen) atoms. The lowest BCUT2D eigenvalue weighted by Crippen LogP contribution is -2.33. The topological polar surface area (TPSA) is 72.2 Å². The van der Waals surface area contributed by atoms with Gasteiger partial charge in [-0.15, -0.1) is 0 Å². The molecule has 0 heterocycles. The van der Waals surface area contributed by atoms with Crippen LogP contribution in [0.15, 0.2) is 23.1 Å². The van der Waals surface area contributed by atoms with Gasteiger partial charge in [-0.3, -0.25) is 0 Å². The molecule has 120 valence electrons. The van der Waals surface area contributed by atoms with Crippen LogP contribution in [-0.2, 0) is 16.6 Å². The monoisotopic (exact) mass is 312 g/mol. The Hall–Kier alpha value is -0.910. The van der Waals surface area contributed by atoms with E-state index in [-0.39, 0.29) is 6.04 Å². The van der Waals surface area contributed by atoms with Gasteiger partial charge in [-0.1, -0.05) is 44.7 Å². The van der Waals surface area contributed by atoms with Gasteiger partial charge in [0.15, 0.2) is 0 Å². The second kappa shape index (κ2) is 8.51. The average Bonchev–Trinajstić information content (AvgIpc) is 2.43. The van der Waals surface area contributed by atoms with Crippen LogP contribution in [-0.4, -0.2) is 14.5 Å². The Balaban J connectivity index is 2.73. The van der Waals surface area contributed by atoms with Gasteiger partial charge in [-0.05, 0) is 37.5 Å². The van der Waals surface area contributed by atoms with Gasteiger partial charge in [-0.25, -0.2) is 13.1 Å². The van der Waals surface area contributed by atoms with Crippen molar-refractivity contribution in [3.05, 3.63) is 29.3 Å². The van der Waals surface area contributed by atoms with Gasteiger partial charge in [0.25, 0.3) is 0 Å². The van der Waals surface area contributed by atoms with E-state index in [0.717, 1.165) is 30.4 Å². The Kier molecular flexibility index (Phi) is 7.35. The Labute approximate surface area is 129 Å². The maximum atomic E-state index is 12.5. The van der Waals surface area contributed by atoms with Crippen LogP contribution in [0, 0.1) is 6.92 Å².